The van der Waals surface area contributed by atoms with E-state index in [9.17, 15) is 4.79 Å². The summed E-state index contributed by atoms with van der Waals surface area (Å²) in [6.45, 7) is 4.84. The molecule has 2 aliphatic carbocycles. The molecule has 1 aromatic carbocycles. The van der Waals surface area contributed by atoms with Gasteiger partial charge in [-0.05, 0) is 43.9 Å². The molecule has 0 bridgehead atoms. The van der Waals surface area contributed by atoms with Gasteiger partial charge < -0.3 is 14.8 Å². The largest absolute Gasteiger partial charge is 0.494 e. The van der Waals surface area contributed by atoms with E-state index in [1.54, 1.807) is 0 Å². The van der Waals surface area contributed by atoms with E-state index in [2.05, 4.69) is 22.3 Å². The van der Waals surface area contributed by atoms with Crippen molar-refractivity contribution in [2.24, 2.45) is 0 Å². The van der Waals surface area contributed by atoms with Crippen LogP contribution in [0.5, 0.6) is 5.75 Å². The summed E-state index contributed by atoms with van der Waals surface area (Å²) in [5.41, 5.74) is 1.28. The lowest BCUT2D eigenvalue weighted by atomic mass is 10.1. The Balaban J connectivity index is 1.33. The molecule has 3 aliphatic rings. The maximum Gasteiger partial charge on any atom is 0.239 e. The van der Waals surface area contributed by atoms with Crippen molar-refractivity contribution in [3.63, 3.8) is 0 Å². The highest BCUT2D eigenvalue weighted by molar-refractivity contribution is 5.83. The van der Waals surface area contributed by atoms with Gasteiger partial charge in [-0.3, -0.25) is 9.69 Å². The van der Waals surface area contributed by atoms with Crippen LogP contribution < -0.4 is 10.1 Å². The zero-order valence-electron chi connectivity index (χ0n) is 15.7. The van der Waals surface area contributed by atoms with Gasteiger partial charge in [-0.1, -0.05) is 25.0 Å². The van der Waals surface area contributed by atoms with Crippen LogP contribution >= 0.6 is 0 Å². The number of rotatable bonds is 6. The number of benzene rings is 1. The number of hydrogen-bond acceptors (Lipinski definition) is 4. The Bertz CT molecular complexity index is 612. The number of ether oxygens (including phenoxy) is 2. The zero-order valence-corrected chi connectivity index (χ0v) is 15.7. The lowest BCUT2D eigenvalue weighted by molar-refractivity contribution is -0.134. The highest BCUT2D eigenvalue weighted by Gasteiger charge is 2.42. The number of carbonyl (C=O) groups excluding carboxylic acids is 1. The van der Waals surface area contributed by atoms with E-state index in [0.717, 1.165) is 25.3 Å². The molecule has 5 nitrogen and oxygen atoms in total. The van der Waals surface area contributed by atoms with Crippen molar-refractivity contribution < 1.29 is 14.3 Å². The van der Waals surface area contributed by atoms with Crippen molar-refractivity contribution in [3.05, 3.63) is 29.8 Å². The first kappa shape index (κ1) is 17.8. The van der Waals surface area contributed by atoms with Crippen LogP contribution in [0.1, 0.15) is 50.5 Å². The van der Waals surface area contributed by atoms with Crippen LogP contribution in [0.25, 0.3) is 0 Å². The first-order valence-corrected chi connectivity index (χ1v) is 10.1. The van der Waals surface area contributed by atoms with Gasteiger partial charge >= 0.3 is 0 Å². The van der Waals surface area contributed by atoms with Gasteiger partial charge in [-0.15, -0.1) is 0 Å². The maximum absolute atomic E-state index is 12.9. The quantitative estimate of drug-likeness (QED) is 0.849. The third-order valence-corrected chi connectivity index (χ3v) is 6.00. The molecule has 1 N–H and O–H groups in total. The molecule has 3 fully saturated rings. The number of nitrogens with zero attached hydrogens (tertiary/aromatic N) is 1. The molecule has 1 aromatic rings. The summed E-state index contributed by atoms with van der Waals surface area (Å²) in [5.74, 6) is 1.48. The molecule has 1 saturated heterocycles. The highest BCUT2D eigenvalue weighted by Crippen LogP contribution is 2.41. The van der Waals surface area contributed by atoms with Gasteiger partial charge in [0.1, 0.15) is 11.8 Å². The van der Waals surface area contributed by atoms with Crippen molar-refractivity contribution in [2.75, 3.05) is 26.4 Å². The van der Waals surface area contributed by atoms with E-state index in [1.807, 2.05) is 19.1 Å². The molecule has 142 valence electrons. The van der Waals surface area contributed by atoms with Gasteiger partial charge in [0.15, 0.2) is 0 Å². The minimum atomic E-state index is -0.117. The number of carbonyl (C=O) groups is 1. The van der Waals surface area contributed by atoms with Gasteiger partial charge in [0.2, 0.25) is 5.91 Å². The highest BCUT2D eigenvalue weighted by atomic mass is 16.5. The first-order chi connectivity index (χ1) is 12.8. The average Bonchev–Trinajstić information content (AvgIpc) is 3.21. The number of amides is 1. The lowest BCUT2D eigenvalue weighted by Crippen LogP contribution is -2.57. The van der Waals surface area contributed by atoms with Crippen molar-refractivity contribution in [1.29, 1.82) is 0 Å². The Hall–Kier alpha value is -1.59. The van der Waals surface area contributed by atoms with E-state index < -0.39 is 0 Å². The normalized spacial score (nSPS) is 29.5. The number of hydrogen-bond donors (Lipinski definition) is 1. The zero-order chi connectivity index (χ0) is 17.9. The summed E-state index contributed by atoms with van der Waals surface area (Å²) in [4.78, 5) is 15.3. The van der Waals surface area contributed by atoms with E-state index in [-0.39, 0.29) is 18.0 Å². The van der Waals surface area contributed by atoms with Crippen LogP contribution in [-0.4, -0.2) is 55.3 Å². The SMILES string of the molecule is CCOc1ccc([C@@H]2C[C@H]2NC(=O)C2COCCN2C2CCCC2)cc1. The van der Waals surface area contributed by atoms with Crippen molar-refractivity contribution in [3.8, 4) is 5.75 Å². The molecule has 3 atom stereocenters. The van der Waals surface area contributed by atoms with Crippen LogP contribution in [0, 0.1) is 0 Å². The number of morpholine rings is 1. The van der Waals surface area contributed by atoms with Gasteiger partial charge in [0.25, 0.3) is 0 Å². The number of nitrogens with one attached hydrogen (secondary N) is 1. The van der Waals surface area contributed by atoms with Gasteiger partial charge in [0.05, 0.1) is 19.8 Å². The Morgan fingerprint density at radius 2 is 2.04 bits per heavy atom. The second kappa shape index (κ2) is 7.97. The summed E-state index contributed by atoms with van der Waals surface area (Å²) in [6.07, 6.45) is 6.05. The summed E-state index contributed by atoms with van der Waals surface area (Å²) in [5, 5.41) is 3.27. The third kappa shape index (κ3) is 3.89. The molecule has 0 spiro atoms. The van der Waals surface area contributed by atoms with Crippen LogP contribution in [0.3, 0.4) is 0 Å². The summed E-state index contributed by atoms with van der Waals surface area (Å²) >= 11 is 0. The monoisotopic (exact) mass is 358 g/mol. The molecular weight excluding hydrogens is 328 g/mol. The molecule has 1 amide bonds. The Labute approximate surface area is 156 Å². The molecule has 1 aliphatic heterocycles. The minimum Gasteiger partial charge on any atom is -0.494 e. The Morgan fingerprint density at radius 3 is 2.77 bits per heavy atom. The first-order valence-electron chi connectivity index (χ1n) is 10.1. The van der Waals surface area contributed by atoms with Crippen LogP contribution in [0.2, 0.25) is 0 Å². The van der Waals surface area contributed by atoms with Gasteiger partial charge in [-0.25, -0.2) is 0 Å². The van der Waals surface area contributed by atoms with Gasteiger partial charge in [0, 0.05) is 24.5 Å². The molecule has 1 unspecified atom stereocenters. The molecule has 4 rings (SSSR count). The average molecular weight is 358 g/mol. The maximum atomic E-state index is 12.9. The van der Waals surface area contributed by atoms with E-state index >= 15 is 0 Å². The standard InChI is InChI=1S/C21H30N2O3/c1-2-26-17-9-7-15(8-10-17)18-13-19(18)22-21(24)20-14-25-12-11-23(20)16-5-3-4-6-16/h7-10,16,18-20H,2-6,11-14H2,1H3,(H,22,24)/t18-,19+,20?/m0/s1. The molecule has 2 saturated carbocycles. The molecule has 5 heteroatoms. The fourth-order valence-electron chi connectivity index (χ4n) is 4.50. The van der Waals surface area contributed by atoms with E-state index in [4.69, 9.17) is 9.47 Å². The molecule has 0 radical (unpaired) electrons. The van der Waals surface area contributed by atoms with Crippen molar-refractivity contribution >= 4 is 5.91 Å². The molecular formula is C21H30N2O3. The minimum absolute atomic E-state index is 0.117. The molecule has 1 heterocycles. The second-order valence-electron chi connectivity index (χ2n) is 7.73. The predicted molar refractivity (Wildman–Crippen MR) is 100 cm³/mol. The van der Waals surface area contributed by atoms with Crippen LogP contribution in [0.15, 0.2) is 24.3 Å². The lowest BCUT2D eigenvalue weighted by Gasteiger charge is -2.38. The Kier molecular flexibility index (Phi) is 5.46. The fraction of sp³-hybridized carbons (Fsp3) is 0.667. The Morgan fingerprint density at radius 1 is 1.27 bits per heavy atom. The topological polar surface area (TPSA) is 50.8 Å². The summed E-state index contributed by atoms with van der Waals surface area (Å²) in [7, 11) is 0. The predicted octanol–water partition coefficient (Wildman–Crippen LogP) is 2.70. The summed E-state index contributed by atoms with van der Waals surface area (Å²) < 4.78 is 11.1. The smallest absolute Gasteiger partial charge is 0.239 e. The fourth-order valence-corrected chi connectivity index (χ4v) is 4.50. The summed E-state index contributed by atoms with van der Waals surface area (Å²) in [6, 6.07) is 8.99. The van der Waals surface area contributed by atoms with Crippen molar-refractivity contribution in [2.45, 2.75) is 63.1 Å². The second-order valence-corrected chi connectivity index (χ2v) is 7.73. The van der Waals surface area contributed by atoms with Gasteiger partial charge in [-0.2, -0.15) is 0 Å². The van der Waals surface area contributed by atoms with Crippen LogP contribution in [0.4, 0.5) is 0 Å². The molecule has 26 heavy (non-hydrogen) atoms. The van der Waals surface area contributed by atoms with E-state index in [1.165, 1.54) is 31.2 Å². The molecule has 0 aromatic heterocycles. The van der Waals surface area contributed by atoms with Crippen LogP contribution in [-0.2, 0) is 9.53 Å². The van der Waals surface area contributed by atoms with Crippen molar-refractivity contribution in [1.82, 2.24) is 10.2 Å². The third-order valence-electron chi connectivity index (χ3n) is 6.00. The van der Waals surface area contributed by atoms with E-state index in [0.29, 0.717) is 25.2 Å².